The molecule has 198 valence electrons. The third-order valence-electron chi connectivity index (χ3n) is 6.82. The second-order valence-corrected chi connectivity index (χ2v) is 9.07. The summed E-state index contributed by atoms with van der Waals surface area (Å²) in [5.41, 5.74) is 7.27. The Bertz CT molecular complexity index is 1270. The largest absolute Gasteiger partial charge is 0.348 e. The quantitative estimate of drug-likeness (QED) is 0.308. The van der Waals surface area contributed by atoms with Crippen molar-refractivity contribution < 1.29 is 14.4 Å². The number of aromatic nitrogens is 3. The fraction of sp³-hybridized carbons (Fsp3) is 0.200. The Hall–Kier alpha value is -4.92. The van der Waals surface area contributed by atoms with Crippen LogP contribution in [0.15, 0.2) is 73.6 Å². The van der Waals surface area contributed by atoms with Gasteiger partial charge in [-0.3, -0.25) is 29.3 Å². The monoisotopic (exact) mass is 522 g/mol. The minimum atomic E-state index is -0.211. The number of benzene rings is 1. The summed E-state index contributed by atoms with van der Waals surface area (Å²) in [6.45, 7) is 6.82. The van der Waals surface area contributed by atoms with Crippen LogP contribution in [-0.2, 0) is 19.6 Å². The van der Waals surface area contributed by atoms with Crippen LogP contribution in [0.3, 0.4) is 0 Å². The van der Waals surface area contributed by atoms with E-state index in [2.05, 4.69) is 30.9 Å². The first-order valence-electron chi connectivity index (χ1n) is 12.5. The highest BCUT2D eigenvalue weighted by atomic mass is 16.2. The van der Waals surface area contributed by atoms with Crippen molar-refractivity contribution in [3.63, 3.8) is 0 Å². The molecular weight excluding hydrogens is 492 g/mol. The Morgan fingerprint density at radius 2 is 0.718 bits per heavy atom. The molecule has 3 heterocycles. The fourth-order valence-electron chi connectivity index (χ4n) is 4.51. The van der Waals surface area contributed by atoms with Gasteiger partial charge >= 0.3 is 0 Å². The first kappa shape index (κ1) is 27.1. The first-order valence-corrected chi connectivity index (χ1v) is 12.5. The van der Waals surface area contributed by atoms with Crippen molar-refractivity contribution in [3.8, 4) is 0 Å². The van der Waals surface area contributed by atoms with Crippen LogP contribution >= 0.6 is 0 Å². The van der Waals surface area contributed by atoms with E-state index in [1.54, 1.807) is 73.6 Å². The van der Waals surface area contributed by atoms with Gasteiger partial charge in [0.25, 0.3) is 17.7 Å². The number of nitrogens with zero attached hydrogens (tertiary/aromatic N) is 3. The summed E-state index contributed by atoms with van der Waals surface area (Å²) >= 11 is 0. The van der Waals surface area contributed by atoms with E-state index in [0.29, 0.717) is 16.7 Å². The van der Waals surface area contributed by atoms with Gasteiger partial charge in [0, 0.05) is 73.5 Å². The zero-order valence-electron chi connectivity index (χ0n) is 22.1. The van der Waals surface area contributed by atoms with Gasteiger partial charge in [-0.05, 0) is 90.6 Å². The van der Waals surface area contributed by atoms with Crippen LogP contribution in [0.4, 0.5) is 0 Å². The summed E-state index contributed by atoms with van der Waals surface area (Å²) in [6.07, 6.45) is 9.44. The molecule has 0 spiro atoms. The maximum absolute atomic E-state index is 12.8. The van der Waals surface area contributed by atoms with Gasteiger partial charge in [0.2, 0.25) is 0 Å². The van der Waals surface area contributed by atoms with Gasteiger partial charge in [-0.1, -0.05) is 0 Å². The molecule has 39 heavy (non-hydrogen) atoms. The topological polar surface area (TPSA) is 126 Å². The smallest absolute Gasteiger partial charge is 0.251 e. The van der Waals surface area contributed by atoms with Gasteiger partial charge in [-0.25, -0.2) is 0 Å². The minimum Gasteiger partial charge on any atom is -0.348 e. The van der Waals surface area contributed by atoms with E-state index in [1.165, 1.54) is 0 Å². The Morgan fingerprint density at radius 3 is 0.949 bits per heavy atom. The van der Waals surface area contributed by atoms with Crippen molar-refractivity contribution >= 4 is 17.7 Å². The van der Waals surface area contributed by atoms with E-state index in [9.17, 15) is 14.4 Å². The van der Waals surface area contributed by atoms with Crippen LogP contribution in [0.25, 0.3) is 0 Å². The molecule has 0 fully saturated rings. The molecule has 0 aliphatic carbocycles. The molecule has 4 aromatic rings. The third-order valence-corrected chi connectivity index (χ3v) is 6.82. The number of carbonyl (C=O) groups excluding carboxylic acids is 3. The van der Waals surface area contributed by atoms with Gasteiger partial charge < -0.3 is 16.0 Å². The number of nitrogens with one attached hydrogen (secondary N) is 3. The molecule has 0 aliphatic heterocycles. The van der Waals surface area contributed by atoms with E-state index >= 15 is 0 Å². The van der Waals surface area contributed by atoms with E-state index in [4.69, 9.17) is 0 Å². The average Bonchev–Trinajstić information content (AvgIpc) is 2.97. The third kappa shape index (κ3) is 6.51. The Kier molecular flexibility index (Phi) is 8.73. The van der Waals surface area contributed by atoms with Crippen molar-refractivity contribution in [2.45, 2.75) is 40.4 Å². The predicted octanol–water partition coefficient (Wildman–Crippen LogP) is 3.59. The molecule has 4 rings (SSSR count). The molecule has 0 radical (unpaired) electrons. The summed E-state index contributed by atoms with van der Waals surface area (Å²) in [5, 5.41) is 8.99. The Labute approximate surface area is 227 Å². The average molecular weight is 523 g/mol. The molecule has 9 nitrogen and oxygen atoms in total. The van der Waals surface area contributed by atoms with E-state index in [0.717, 1.165) is 33.4 Å². The standard InChI is InChI=1S/C30H30N6O3/c1-19-25(16-34-28(37)22-4-10-31-11-5-22)20(2)27(18-36-30(39)24-8-14-33-15-9-24)21(3)26(19)17-35-29(38)23-6-12-32-13-7-23/h4-15H,16-18H2,1-3H3,(H,34,37)(H,35,38)(H,36,39). The lowest BCUT2D eigenvalue weighted by Crippen LogP contribution is -2.28. The van der Waals surface area contributed by atoms with Crippen LogP contribution in [-0.4, -0.2) is 32.7 Å². The van der Waals surface area contributed by atoms with Gasteiger partial charge in [0.15, 0.2) is 0 Å². The maximum Gasteiger partial charge on any atom is 0.251 e. The van der Waals surface area contributed by atoms with Crippen molar-refractivity contribution in [2.24, 2.45) is 0 Å². The first-order chi connectivity index (χ1) is 18.9. The van der Waals surface area contributed by atoms with Crippen molar-refractivity contribution in [2.75, 3.05) is 0 Å². The van der Waals surface area contributed by atoms with Gasteiger partial charge in [0.1, 0.15) is 0 Å². The number of carbonyl (C=O) groups is 3. The second-order valence-electron chi connectivity index (χ2n) is 9.07. The summed E-state index contributed by atoms with van der Waals surface area (Å²) < 4.78 is 0. The zero-order valence-corrected chi connectivity index (χ0v) is 22.1. The number of amides is 3. The number of hydrogen-bond acceptors (Lipinski definition) is 6. The molecule has 9 heteroatoms. The van der Waals surface area contributed by atoms with Crippen LogP contribution in [0.5, 0.6) is 0 Å². The molecule has 0 saturated heterocycles. The van der Waals surface area contributed by atoms with Crippen molar-refractivity contribution in [3.05, 3.63) is 124 Å². The van der Waals surface area contributed by atoms with Crippen molar-refractivity contribution in [1.82, 2.24) is 30.9 Å². The molecule has 0 aliphatic rings. The van der Waals surface area contributed by atoms with Gasteiger partial charge in [0.05, 0.1) is 0 Å². The molecule has 3 aromatic heterocycles. The van der Waals surface area contributed by atoms with Crippen LogP contribution in [0.1, 0.15) is 64.5 Å². The molecule has 3 N–H and O–H groups in total. The molecule has 0 atom stereocenters. The molecule has 1 aromatic carbocycles. The van der Waals surface area contributed by atoms with E-state index < -0.39 is 0 Å². The summed E-state index contributed by atoms with van der Waals surface area (Å²) in [7, 11) is 0. The normalized spacial score (nSPS) is 10.5. The lowest BCUT2D eigenvalue weighted by molar-refractivity contribution is 0.0943. The van der Waals surface area contributed by atoms with E-state index in [1.807, 2.05) is 20.8 Å². The SMILES string of the molecule is Cc1c(CNC(=O)c2ccncc2)c(C)c(CNC(=O)c2ccncc2)c(C)c1CNC(=O)c1ccncc1. The number of pyridine rings is 3. The Balaban J connectivity index is 1.62. The van der Waals surface area contributed by atoms with Crippen LogP contribution in [0, 0.1) is 20.8 Å². The van der Waals surface area contributed by atoms with E-state index in [-0.39, 0.29) is 37.4 Å². The summed E-state index contributed by atoms with van der Waals surface area (Å²) in [6, 6.07) is 9.94. The zero-order chi connectivity index (χ0) is 27.8. The predicted molar refractivity (Wildman–Crippen MR) is 147 cm³/mol. The number of hydrogen-bond donors (Lipinski definition) is 3. The fourth-order valence-corrected chi connectivity index (χ4v) is 4.51. The molecule has 0 unspecified atom stereocenters. The highest BCUT2D eigenvalue weighted by molar-refractivity contribution is 5.95. The van der Waals surface area contributed by atoms with Crippen LogP contribution < -0.4 is 16.0 Å². The van der Waals surface area contributed by atoms with Crippen LogP contribution in [0.2, 0.25) is 0 Å². The highest BCUT2D eigenvalue weighted by Crippen LogP contribution is 2.28. The summed E-state index contributed by atoms with van der Waals surface area (Å²) in [4.78, 5) is 50.2. The van der Waals surface area contributed by atoms with Crippen molar-refractivity contribution in [1.29, 1.82) is 0 Å². The second kappa shape index (κ2) is 12.6. The minimum absolute atomic E-state index is 0.211. The summed E-state index contributed by atoms with van der Waals surface area (Å²) in [5.74, 6) is -0.634. The van der Waals surface area contributed by atoms with Gasteiger partial charge in [-0.15, -0.1) is 0 Å². The molecule has 3 amide bonds. The maximum atomic E-state index is 12.8. The molecular formula is C30H30N6O3. The number of rotatable bonds is 9. The highest BCUT2D eigenvalue weighted by Gasteiger charge is 2.19. The molecule has 0 saturated carbocycles. The molecule has 0 bridgehead atoms. The lowest BCUT2D eigenvalue weighted by Gasteiger charge is -2.23. The lowest BCUT2D eigenvalue weighted by atomic mass is 9.87. The van der Waals surface area contributed by atoms with Gasteiger partial charge in [-0.2, -0.15) is 0 Å². The Morgan fingerprint density at radius 1 is 0.487 bits per heavy atom.